The number of hydrazine groups is 1. The fraction of sp³-hybridized carbons (Fsp3) is 0.222. The van der Waals surface area contributed by atoms with Crippen LogP contribution in [0.3, 0.4) is 0 Å². The van der Waals surface area contributed by atoms with Crippen LogP contribution in [0.5, 0.6) is 0 Å². The van der Waals surface area contributed by atoms with Gasteiger partial charge in [0.25, 0.3) is 0 Å². The van der Waals surface area contributed by atoms with Crippen LogP contribution in [0.2, 0.25) is 0 Å². The first-order valence-corrected chi connectivity index (χ1v) is 4.63. The Morgan fingerprint density at radius 1 is 1.69 bits per heavy atom. The highest BCUT2D eigenvalue weighted by atomic mass is 16.4. The predicted octanol–water partition coefficient (Wildman–Crippen LogP) is -0.169. The summed E-state index contributed by atoms with van der Waals surface area (Å²) in [6.07, 6.45) is 3.04. The molecular weight excluding hydrogens is 210 g/mol. The van der Waals surface area contributed by atoms with Gasteiger partial charge in [-0.25, -0.2) is 15.5 Å². The zero-order valence-corrected chi connectivity index (χ0v) is 8.67. The lowest BCUT2D eigenvalue weighted by Gasteiger charge is -1.96. The van der Waals surface area contributed by atoms with Crippen molar-refractivity contribution in [2.45, 2.75) is 13.5 Å². The maximum absolute atomic E-state index is 11.2. The maximum Gasteiger partial charge on any atom is 0.300 e. The van der Waals surface area contributed by atoms with E-state index >= 15 is 0 Å². The third-order valence-corrected chi connectivity index (χ3v) is 2.17. The largest absolute Gasteiger partial charge is 0.456 e. The molecule has 0 spiro atoms. The van der Waals surface area contributed by atoms with Crippen LogP contribution in [-0.2, 0) is 6.54 Å². The lowest BCUT2D eigenvalue weighted by Crippen LogP contribution is -2.29. The van der Waals surface area contributed by atoms with Gasteiger partial charge in [0, 0.05) is 5.56 Å². The molecule has 0 saturated heterocycles. The molecular formula is C9H11N5O2. The molecule has 0 unspecified atom stereocenters. The van der Waals surface area contributed by atoms with Gasteiger partial charge in [-0.1, -0.05) is 0 Å². The average Bonchev–Trinajstić information content (AvgIpc) is 2.89. The van der Waals surface area contributed by atoms with Crippen molar-refractivity contribution in [1.82, 2.24) is 20.2 Å². The van der Waals surface area contributed by atoms with E-state index in [2.05, 4.69) is 10.1 Å². The normalized spacial score (nSPS) is 10.4. The Kier molecular flexibility index (Phi) is 2.69. The maximum atomic E-state index is 11.2. The van der Waals surface area contributed by atoms with Gasteiger partial charge in [-0.15, -0.1) is 0 Å². The second-order valence-electron chi connectivity index (χ2n) is 3.26. The number of nitrogens with zero attached hydrogens (tertiary/aromatic N) is 3. The molecule has 84 valence electrons. The molecule has 0 atom stereocenters. The zero-order chi connectivity index (χ0) is 11.5. The predicted molar refractivity (Wildman–Crippen MR) is 54.2 cm³/mol. The number of hydrogen-bond donors (Lipinski definition) is 2. The molecule has 0 fully saturated rings. The summed E-state index contributed by atoms with van der Waals surface area (Å²) in [7, 11) is 0. The van der Waals surface area contributed by atoms with E-state index in [0.717, 1.165) is 5.56 Å². The molecule has 7 heteroatoms. The molecule has 0 saturated carbocycles. The molecule has 2 heterocycles. The van der Waals surface area contributed by atoms with Gasteiger partial charge in [0.15, 0.2) is 5.76 Å². The third-order valence-electron chi connectivity index (χ3n) is 2.17. The molecule has 0 bridgehead atoms. The summed E-state index contributed by atoms with van der Waals surface area (Å²) in [6.45, 7) is 2.28. The van der Waals surface area contributed by atoms with E-state index in [-0.39, 0.29) is 5.76 Å². The smallest absolute Gasteiger partial charge is 0.300 e. The fourth-order valence-electron chi connectivity index (χ4n) is 1.35. The molecule has 16 heavy (non-hydrogen) atoms. The number of carbonyl (C=O) groups is 1. The van der Waals surface area contributed by atoms with E-state index in [9.17, 15) is 4.79 Å². The van der Waals surface area contributed by atoms with Crippen LogP contribution in [0.15, 0.2) is 23.1 Å². The molecule has 2 aromatic heterocycles. The van der Waals surface area contributed by atoms with E-state index in [0.29, 0.717) is 12.3 Å². The number of amides is 1. The minimum Gasteiger partial charge on any atom is -0.456 e. The Bertz CT molecular complexity index is 488. The second-order valence-corrected chi connectivity index (χ2v) is 3.26. The van der Waals surface area contributed by atoms with Crippen molar-refractivity contribution in [3.8, 4) is 0 Å². The van der Waals surface area contributed by atoms with Crippen molar-refractivity contribution in [3.05, 3.63) is 35.8 Å². The zero-order valence-electron chi connectivity index (χ0n) is 8.67. The second kappa shape index (κ2) is 4.15. The minimum absolute atomic E-state index is 0.190. The highest BCUT2D eigenvalue weighted by molar-refractivity contribution is 5.91. The van der Waals surface area contributed by atoms with Crippen LogP contribution in [0.4, 0.5) is 0 Å². The molecule has 0 aliphatic heterocycles. The first kappa shape index (κ1) is 10.4. The van der Waals surface area contributed by atoms with Crippen LogP contribution in [-0.4, -0.2) is 20.7 Å². The molecule has 2 rings (SSSR count). The van der Waals surface area contributed by atoms with Gasteiger partial charge in [0.2, 0.25) is 0 Å². The Hall–Kier alpha value is -2.15. The van der Waals surface area contributed by atoms with Gasteiger partial charge in [0.1, 0.15) is 18.4 Å². The molecule has 7 nitrogen and oxygen atoms in total. The van der Waals surface area contributed by atoms with Crippen molar-refractivity contribution >= 4 is 5.91 Å². The Labute approximate surface area is 91.2 Å². The Morgan fingerprint density at radius 3 is 3.12 bits per heavy atom. The fourth-order valence-corrected chi connectivity index (χ4v) is 1.35. The van der Waals surface area contributed by atoms with Crippen molar-refractivity contribution in [2.75, 3.05) is 0 Å². The van der Waals surface area contributed by atoms with Gasteiger partial charge < -0.3 is 4.42 Å². The van der Waals surface area contributed by atoms with Crippen molar-refractivity contribution in [2.24, 2.45) is 5.84 Å². The van der Waals surface area contributed by atoms with Crippen LogP contribution in [0.1, 0.15) is 21.9 Å². The number of furan rings is 1. The standard InChI is InChI=1S/C9H11N5O2/c1-6-7(3-14-5-11-4-12-14)2-8(16-6)9(15)13-10/h2,4-5H,3,10H2,1H3,(H,13,15). The van der Waals surface area contributed by atoms with E-state index in [1.807, 2.05) is 5.43 Å². The summed E-state index contributed by atoms with van der Waals surface area (Å²) in [5.74, 6) is 5.41. The highest BCUT2D eigenvalue weighted by Crippen LogP contribution is 2.15. The molecule has 0 aliphatic carbocycles. The van der Waals surface area contributed by atoms with Gasteiger partial charge in [-0.05, 0) is 13.0 Å². The number of hydrogen-bond acceptors (Lipinski definition) is 5. The summed E-state index contributed by atoms with van der Waals surface area (Å²) in [5.41, 5.74) is 2.88. The quantitative estimate of drug-likeness (QED) is 0.426. The number of carbonyl (C=O) groups excluding carboxylic acids is 1. The Balaban J connectivity index is 2.22. The number of aromatic nitrogens is 3. The summed E-state index contributed by atoms with van der Waals surface area (Å²) in [6, 6.07) is 1.64. The summed E-state index contributed by atoms with van der Waals surface area (Å²) in [4.78, 5) is 15.0. The van der Waals surface area contributed by atoms with Crippen LogP contribution < -0.4 is 11.3 Å². The number of nitrogen functional groups attached to an aromatic ring is 1. The molecule has 3 N–H and O–H groups in total. The summed E-state index contributed by atoms with van der Waals surface area (Å²) >= 11 is 0. The van der Waals surface area contributed by atoms with E-state index < -0.39 is 5.91 Å². The van der Waals surface area contributed by atoms with Crippen LogP contribution >= 0.6 is 0 Å². The minimum atomic E-state index is -0.451. The molecule has 0 aromatic carbocycles. The number of nitrogens with two attached hydrogens (primary N) is 1. The third kappa shape index (κ3) is 1.94. The van der Waals surface area contributed by atoms with E-state index in [1.54, 1.807) is 24.0 Å². The van der Waals surface area contributed by atoms with Gasteiger partial charge >= 0.3 is 5.91 Å². The van der Waals surface area contributed by atoms with Crippen LogP contribution in [0, 0.1) is 6.92 Å². The monoisotopic (exact) mass is 221 g/mol. The van der Waals surface area contributed by atoms with E-state index in [4.69, 9.17) is 10.3 Å². The van der Waals surface area contributed by atoms with E-state index in [1.165, 1.54) is 6.33 Å². The first-order valence-electron chi connectivity index (χ1n) is 4.63. The summed E-state index contributed by atoms with van der Waals surface area (Å²) < 4.78 is 6.90. The molecule has 0 radical (unpaired) electrons. The summed E-state index contributed by atoms with van der Waals surface area (Å²) in [5, 5.41) is 3.97. The average molecular weight is 221 g/mol. The molecule has 1 amide bonds. The van der Waals surface area contributed by atoms with Crippen molar-refractivity contribution < 1.29 is 9.21 Å². The number of rotatable bonds is 3. The molecule has 0 aliphatic rings. The van der Waals surface area contributed by atoms with Gasteiger partial charge in [-0.3, -0.25) is 10.2 Å². The Morgan fingerprint density at radius 2 is 2.50 bits per heavy atom. The van der Waals surface area contributed by atoms with Gasteiger partial charge in [-0.2, -0.15) is 5.10 Å². The van der Waals surface area contributed by atoms with Crippen molar-refractivity contribution in [1.29, 1.82) is 0 Å². The van der Waals surface area contributed by atoms with Crippen molar-refractivity contribution in [3.63, 3.8) is 0 Å². The SMILES string of the molecule is Cc1oc(C(=O)NN)cc1Cn1cncn1. The van der Waals surface area contributed by atoms with Gasteiger partial charge in [0.05, 0.1) is 6.54 Å². The highest BCUT2D eigenvalue weighted by Gasteiger charge is 2.13. The lowest BCUT2D eigenvalue weighted by molar-refractivity contribution is 0.0924. The topological polar surface area (TPSA) is 99.0 Å². The number of aryl methyl sites for hydroxylation is 1. The first-order chi connectivity index (χ1) is 7.70. The van der Waals surface area contributed by atoms with Crippen LogP contribution in [0.25, 0.3) is 0 Å². The number of nitrogens with one attached hydrogen (secondary N) is 1. The lowest BCUT2D eigenvalue weighted by atomic mass is 10.2. The molecule has 2 aromatic rings.